The number of para-hydroxylation sites is 1. The number of imidazole rings is 1. The molecule has 136 valence electrons. The summed E-state index contributed by atoms with van der Waals surface area (Å²) in [5.41, 5.74) is 2.93. The molecule has 1 aliphatic rings. The highest BCUT2D eigenvalue weighted by molar-refractivity contribution is 5.33. The van der Waals surface area contributed by atoms with Crippen LogP contribution in [-0.4, -0.2) is 43.0 Å². The molecule has 3 aromatic rings. The minimum absolute atomic E-state index is 0.603. The Labute approximate surface area is 152 Å². The van der Waals surface area contributed by atoms with E-state index < -0.39 is 6.10 Å². The van der Waals surface area contributed by atoms with Crippen molar-refractivity contribution in [1.82, 2.24) is 24.2 Å². The summed E-state index contributed by atoms with van der Waals surface area (Å²) in [6, 6.07) is 10.1. The zero-order valence-electron chi connectivity index (χ0n) is 15.0. The fraction of sp³-hybridized carbons (Fsp3) is 0.368. The molecule has 7 heteroatoms. The highest BCUT2D eigenvalue weighted by atomic mass is 16.5. The van der Waals surface area contributed by atoms with Gasteiger partial charge in [0, 0.05) is 44.6 Å². The maximum atomic E-state index is 10.6. The first-order valence-electron chi connectivity index (χ1n) is 8.72. The topological polar surface area (TPSA) is 68.3 Å². The first-order valence-corrected chi connectivity index (χ1v) is 8.72. The van der Waals surface area contributed by atoms with Gasteiger partial charge in [-0.2, -0.15) is 5.10 Å². The van der Waals surface area contributed by atoms with Crippen molar-refractivity contribution in [2.24, 2.45) is 7.05 Å². The van der Waals surface area contributed by atoms with Gasteiger partial charge < -0.3 is 14.4 Å². The normalized spacial score (nSPS) is 15.7. The number of ether oxygens (including phenoxy) is 1. The van der Waals surface area contributed by atoms with Crippen molar-refractivity contribution in [2.75, 3.05) is 13.7 Å². The minimum atomic E-state index is -0.809. The van der Waals surface area contributed by atoms with Crippen LogP contribution in [0.3, 0.4) is 0 Å². The third kappa shape index (κ3) is 3.11. The van der Waals surface area contributed by atoms with E-state index in [1.165, 1.54) is 5.56 Å². The lowest BCUT2D eigenvalue weighted by atomic mass is 10.1. The second-order valence-corrected chi connectivity index (χ2v) is 6.61. The molecule has 1 N–H and O–H groups in total. The average molecular weight is 353 g/mol. The minimum Gasteiger partial charge on any atom is -0.496 e. The third-order valence-corrected chi connectivity index (χ3v) is 4.87. The van der Waals surface area contributed by atoms with Crippen LogP contribution < -0.4 is 4.74 Å². The van der Waals surface area contributed by atoms with Gasteiger partial charge in [0.05, 0.1) is 25.0 Å². The van der Waals surface area contributed by atoms with E-state index in [1.807, 2.05) is 46.8 Å². The third-order valence-electron chi connectivity index (χ3n) is 4.87. The largest absolute Gasteiger partial charge is 0.496 e. The molecule has 2 aromatic heterocycles. The second kappa shape index (κ2) is 6.93. The Morgan fingerprint density at radius 2 is 2.12 bits per heavy atom. The summed E-state index contributed by atoms with van der Waals surface area (Å²) in [6.07, 6.45) is 2.70. The van der Waals surface area contributed by atoms with E-state index in [-0.39, 0.29) is 0 Å². The number of benzene rings is 1. The lowest BCUT2D eigenvalue weighted by Crippen LogP contribution is -2.33. The van der Waals surface area contributed by atoms with E-state index in [0.717, 1.165) is 37.6 Å². The summed E-state index contributed by atoms with van der Waals surface area (Å²) in [4.78, 5) is 6.59. The van der Waals surface area contributed by atoms with Crippen LogP contribution in [0.15, 0.2) is 42.7 Å². The van der Waals surface area contributed by atoms with Crippen molar-refractivity contribution in [1.29, 1.82) is 0 Å². The van der Waals surface area contributed by atoms with E-state index in [1.54, 1.807) is 13.3 Å². The van der Waals surface area contributed by atoms with Crippen molar-refractivity contribution in [3.05, 3.63) is 65.5 Å². The molecule has 0 bridgehead atoms. The SMILES string of the molecule is COc1ccccc1CN1CCn2nc(C(O)c3nccn3C)cc2C1. The predicted molar refractivity (Wildman–Crippen MR) is 96.6 cm³/mol. The van der Waals surface area contributed by atoms with Gasteiger partial charge in [-0.25, -0.2) is 4.98 Å². The van der Waals surface area contributed by atoms with Crippen molar-refractivity contribution in [3.63, 3.8) is 0 Å². The summed E-state index contributed by atoms with van der Waals surface area (Å²) in [5, 5.41) is 15.2. The van der Waals surface area contributed by atoms with Gasteiger partial charge in [-0.05, 0) is 12.1 Å². The van der Waals surface area contributed by atoms with Crippen LogP contribution >= 0.6 is 0 Å². The first kappa shape index (κ1) is 16.8. The number of aromatic nitrogens is 4. The number of aliphatic hydroxyl groups excluding tert-OH is 1. The number of aryl methyl sites for hydroxylation is 1. The molecule has 1 unspecified atom stereocenters. The van der Waals surface area contributed by atoms with Gasteiger partial charge in [-0.1, -0.05) is 18.2 Å². The molecule has 7 nitrogen and oxygen atoms in total. The highest BCUT2D eigenvalue weighted by Gasteiger charge is 2.24. The number of fused-ring (bicyclic) bond motifs is 1. The van der Waals surface area contributed by atoms with Gasteiger partial charge >= 0.3 is 0 Å². The van der Waals surface area contributed by atoms with Crippen LogP contribution in [0.2, 0.25) is 0 Å². The van der Waals surface area contributed by atoms with E-state index in [0.29, 0.717) is 11.5 Å². The number of hydrogen-bond donors (Lipinski definition) is 1. The van der Waals surface area contributed by atoms with E-state index in [2.05, 4.69) is 21.0 Å². The molecule has 0 saturated heterocycles. The quantitative estimate of drug-likeness (QED) is 0.756. The first-order chi connectivity index (χ1) is 12.7. The lowest BCUT2D eigenvalue weighted by Gasteiger charge is -2.28. The van der Waals surface area contributed by atoms with Crippen molar-refractivity contribution in [2.45, 2.75) is 25.7 Å². The lowest BCUT2D eigenvalue weighted by molar-refractivity contribution is 0.193. The number of aliphatic hydroxyl groups is 1. The van der Waals surface area contributed by atoms with E-state index in [4.69, 9.17) is 4.74 Å². The van der Waals surface area contributed by atoms with Crippen LogP contribution in [-0.2, 0) is 26.7 Å². The van der Waals surface area contributed by atoms with E-state index >= 15 is 0 Å². The number of rotatable bonds is 5. The number of methoxy groups -OCH3 is 1. The fourth-order valence-electron chi connectivity index (χ4n) is 3.46. The van der Waals surface area contributed by atoms with Gasteiger partial charge in [0.2, 0.25) is 0 Å². The Balaban J connectivity index is 1.51. The maximum Gasteiger partial charge on any atom is 0.155 e. The van der Waals surface area contributed by atoms with Crippen LogP contribution in [0.4, 0.5) is 0 Å². The van der Waals surface area contributed by atoms with Crippen molar-refractivity contribution >= 4 is 0 Å². The fourth-order valence-corrected chi connectivity index (χ4v) is 3.46. The van der Waals surface area contributed by atoms with Crippen molar-refractivity contribution in [3.8, 4) is 5.75 Å². The molecule has 26 heavy (non-hydrogen) atoms. The highest BCUT2D eigenvalue weighted by Crippen LogP contribution is 2.25. The molecule has 1 atom stereocenters. The van der Waals surface area contributed by atoms with E-state index in [9.17, 15) is 5.11 Å². The summed E-state index contributed by atoms with van der Waals surface area (Å²) in [7, 11) is 3.58. The molecule has 0 spiro atoms. The zero-order valence-corrected chi connectivity index (χ0v) is 15.0. The zero-order chi connectivity index (χ0) is 18.1. The molecule has 0 amide bonds. The molecule has 3 heterocycles. The summed E-state index contributed by atoms with van der Waals surface area (Å²) < 4.78 is 9.26. The van der Waals surface area contributed by atoms with Gasteiger partial charge in [0.25, 0.3) is 0 Å². The molecule has 1 aromatic carbocycles. The maximum absolute atomic E-state index is 10.6. The van der Waals surface area contributed by atoms with Crippen LogP contribution in [0.25, 0.3) is 0 Å². The molecule has 0 fully saturated rings. The average Bonchev–Trinajstić information content (AvgIpc) is 3.27. The van der Waals surface area contributed by atoms with Crippen LogP contribution in [0.5, 0.6) is 5.75 Å². The molecule has 4 rings (SSSR count). The molecule has 1 aliphatic heterocycles. The van der Waals surface area contributed by atoms with Crippen LogP contribution in [0, 0.1) is 0 Å². The van der Waals surface area contributed by atoms with Crippen molar-refractivity contribution < 1.29 is 9.84 Å². The molecule has 0 radical (unpaired) electrons. The van der Waals surface area contributed by atoms with Gasteiger partial charge in [-0.15, -0.1) is 0 Å². The Morgan fingerprint density at radius 3 is 2.88 bits per heavy atom. The summed E-state index contributed by atoms with van der Waals surface area (Å²) in [6.45, 7) is 3.33. The number of nitrogens with zero attached hydrogens (tertiary/aromatic N) is 5. The standard InChI is InChI=1S/C19H23N5O2/c1-22-8-7-20-19(22)18(25)16-11-15-13-23(9-10-24(15)21-16)12-14-5-3-4-6-17(14)26-2/h3-8,11,18,25H,9-10,12-13H2,1-2H3. The monoisotopic (exact) mass is 353 g/mol. The van der Waals surface area contributed by atoms with Gasteiger partial charge in [-0.3, -0.25) is 9.58 Å². The predicted octanol–water partition coefficient (Wildman–Crippen LogP) is 1.72. The molecule has 0 saturated carbocycles. The Morgan fingerprint density at radius 1 is 1.27 bits per heavy atom. The second-order valence-electron chi connectivity index (χ2n) is 6.61. The molecule has 0 aliphatic carbocycles. The smallest absolute Gasteiger partial charge is 0.155 e. The van der Waals surface area contributed by atoms with Gasteiger partial charge in [0.15, 0.2) is 6.10 Å². The number of hydrogen-bond acceptors (Lipinski definition) is 5. The summed E-state index contributed by atoms with van der Waals surface area (Å²) in [5.74, 6) is 1.52. The Hall–Kier alpha value is -2.64. The Kier molecular flexibility index (Phi) is 4.48. The summed E-state index contributed by atoms with van der Waals surface area (Å²) >= 11 is 0. The molecular formula is C19H23N5O2. The molecular weight excluding hydrogens is 330 g/mol. The van der Waals surface area contributed by atoms with Crippen LogP contribution in [0.1, 0.15) is 28.9 Å². The van der Waals surface area contributed by atoms with Gasteiger partial charge in [0.1, 0.15) is 11.6 Å². The Bertz CT molecular complexity index is 901.